The highest BCUT2D eigenvalue weighted by Gasteiger charge is 1.93. The maximum absolute atomic E-state index is 4.95. The first kappa shape index (κ1) is 14.7. The lowest BCUT2D eigenvalue weighted by Gasteiger charge is -2.11. The van der Waals surface area contributed by atoms with Crippen molar-refractivity contribution in [3.05, 3.63) is 0 Å². The van der Waals surface area contributed by atoms with E-state index in [2.05, 4.69) is 21.1 Å². The number of hydrazone groups is 2. The largest absolute Gasteiger partial charge is 0.354 e. The molecule has 0 fully saturated rings. The number of rotatable bonds is 3. The zero-order valence-corrected chi connectivity index (χ0v) is 11.4. The molecular weight excluding hydrogens is 244 g/mol. The van der Waals surface area contributed by atoms with Gasteiger partial charge in [-0.2, -0.15) is 10.2 Å². The van der Waals surface area contributed by atoms with Gasteiger partial charge in [-0.05, 0) is 24.4 Å². The van der Waals surface area contributed by atoms with Gasteiger partial charge < -0.3 is 9.80 Å². The van der Waals surface area contributed by atoms with Crippen LogP contribution < -0.4 is 10.9 Å². The summed E-state index contributed by atoms with van der Waals surface area (Å²) in [5, 5.41) is 8.72. The van der Waals surface area contributed by atoms with Gasteiger partial charge >= 0.3 is 0 Å². The molecule has 0 saturated carbocycles. The summed E-state index contributed by atoms with van der Waals surface area (Å²) >= 11 is 9.89. The average molecular weight is 260 g/mol. The van der Waals surface area contributed by atoms with E-state index >= 15 is 0 Å². The van der Waals surface area contributed by atoms with Crippen molar-refractivity contribution in [2.75, 3.05) is 28.2 Å². The Morgan fingerprint density at radius 3 is 1.44 bits per heavy atom. The van der Waals surface area contributed by atoms with E-state index in [4.69, 9.17) is 24.4 Å². The number of hydrogen-bond acceptors (Lipinski definition) is 4. The summed E-state index contributed by atoms with van der Waals surface area (Å²) in [6, 6.07) is 0. The molecular formula is C8H16N6S2. The standard InChI is InChI=1S/C8H16N6S2/c1-13(2)7(15)11-9-5-6-10-12-8(16)14(3)4/h5-6H,1-4H3,(H,11,15)(H,12,16). The van der Waals surface area contributed by atoms with Crippen LogP contribution in [0.2, 0.25) is 0 Å². The Labute approximate surface area is 106 Å². The molecule has 8 heteroatoms. The molecule has 0 atom stereocenters. The molecule has 0 amide bonds. The summed E-state index contributed by atoms with van der Waals surface area (Å²) in [5.41, 5.74) is 5.32. The highest BCUT2D eigenvalue weighted by atomic mass is 32.1. The van der Waals surface area contributed by atoms with E-state index in [1.807, 2.05) is 28.2 Å². The molecule has 0 saturated heterocycles. The normalized spacial score (nSPS) is 10.5. The highest BCUT2D eigenvalue weighted by molar-refractivity contribution is 7.80. The molecule has 0 bridgehead atoms. The summed E-state index contributed by atoms with van der Waals surface area (Å²) in [7, 11) is 7.32. The van der Waals surface area contributed by atoms with E-state index in [0.29, 0.717) is 10.2 Å². The maximum Gasteiger partial charge on any atom is 0.189 e. The van der Waals surface area contributed by atoms with Gasteiger partial charge in [-0.15, -0.1) is 0 Å². The Bertz CT molecular complexity index is 267. The lowest BCUT2D eigenvalue weighted by atomic mass is 10.8. The van der Waals surface area contributed by atoms with Crippen LogP contribution in [0.25, 0.3) is 0 Å². The first-order valence-electron chi connectivity index (χ1n) is 4.44. The second-order valence-electron chi connectivity index (χ2n) is 3.18. The van der Waals surface area contributed by atoms with E-state index in [0.717, 1.165) is 0 Å². The molecule has 0 aliphatic heterocycles. The third-order valence-corrected chi connectivity index (χ3v) is 2.26. The quantitative estimate of drug-likeness (QED) is 0.417. The minimum absolute atomic E-state index is 0.529. The van der Waals surface area contributed by atoms with Gasteiger partial charge in [-0.25, -0.2) is 0 Å². The summed E-state index contributed by atoms with van der Waals surface area (Å²) < 4.78 is 0. The second kappa shape index (κ2) is 7.94. The minimum atomic E-state index is 0.529. The fourth-order valence-electron chi connectivity index (χ4n) is 0.452. The fraction of sp³-hybridized carbons (Fsp3) is 0.500. The highest BCUT2D eigenvalue weighted by Crippen LogP contribution is 1.77. The summed E-state index contributed by atoms with van der Waals surface area (Å²) in [6.07, 6.45) is 2.95. The average Bonchev–Trinajstić information content (AvgIpc) is 2.21. The van der Waals surface area contributed by atoms with Crippen LogP contribution in [-0.2, 0) is 0 Å². The van der Waals surface area contributed by atoms with Crippen molar-refractivity contribution >= 4 is 47.1 Å². The van der Waals surface area contributed by atoms with E-state index in [1.165, 1.54) is 12.4 Å². The Hall–Kier alpha value is -1.28. The Morgan fingerprint density at radius 2 is 1.19 bits per heavy atom. The number of hydrogen-bond donors (Lipinski definition) is 2. The van der Waals surface area contributed by atoms with Crippen LogP contribution in [0.3, 0.4) is 0 Å². The van der Waals surface area contributed by atoms with Gasteiger partial charge in [0.1, 0.15) is 0 Å². The SMILES string of the molecule is CN(C)C(=S)NN=CC=NNC(=S)N(C)C. The van der Waals surface area contributed by atoms with Crippen molar-refractivity contribution < 1.29 is 0 Å². The molecule has 0 unspecified atom stereocenters. The first-order chi connectivity index (χ1) is 7.45. The molecule has 0 heterocycles. The van der Waals surface area contributed by atoms with Crippen molar-refractivity contribution in [3.63, 3.8) is 0 Å². The second-order valence-corrected chi connectivity index (χ2v) is 3.95. The zero-order chi connectivity index (χ0) is 12.6. The third kappa shape index (κ3) is 7.07. The molecule has 0 spiro atoms. The van der Waals surface area contributed by atoms with Crippen LogP contribution in [0.15, 0.2) is 10.2 Å². The minimum Gasteiger partial charge on any atom is -0.354 e. The first-order valence-corrected chi connectivity index (χ1v) is 5.26. The Balaban J connectivity index is 3.80. The molecule has 6 nitrogen and oxygen atoms in total. The van der Waals surface area contributed by atoms with Gasteiger partial charge in [0, 0.05) is 28.2 Å². The molecule has 2 N–H and O–H groups in total. The van der Waals surface area contributed by atoms with Crippen LogP contribution in [0.4, 0.5) is 0 Å². The number of nitrogens with one attached hydrogen (secondary N) is 2. The van der Waals surface area contributed by atoms with Gasteiger partial charge in [0.2, 0.25) is 0 Å². The van der Waals surface area contributed by atoms with Crippen molar-refractivity contribution in [1.82, 2.24) is 20.7 Å². The molecule has 0 rings (SSSR count). The van der Waals surface area contributed by atoms with Gasteiger partial charge in [0.25, 0.3) is 0 Å². The lowest BCUT2D eigenvalue weighted by molar-refractivity contribution is 0.606. The summed E-state index contributed by atoms with van der Waals surface area (Å²) in [4.78, 5) is 3.48. The predicted molar refractivity (Wildman–Crippen MR) is 75.8 cm³/mol. The molecule has 16 heavy (non-hydrogen) atoms. The summed E-state index contributed by atoms with van der Waals surface area (Å²) in [5.74, 6) is 0. The van der Waals surface area contributed by atoms with E-state index < -0.39 is 0 Å². The van der Waals surface area contributed by atoms with Crippen LogP contribution >= 0.6 is 24.4 Å². The van der Waals surface area contributed by atoms with Crippen molar-refractivity contribution in [2.45, 2.75) is 0 Å². The van der Waals surface area contributed by atoms with Crippen molar-refractivity contribution in [1.29, 1.82) is 0 Å². The Kier molecular flexibility index (Phi) is 7.31. The molecule has 0 aromatic rings. The zero-order valence-electron chi connectivity index (χ0n) is 9.76. The fourth-order valence-corrected chi connectivity index (χ4v) is 0.557. The molecule has 0 aromatic carbocycles. The van der Waals surface area contributed by atoms with E-state index in [-0.39, 0.29) is 0 Å². The van der Waals surface area contributed by atoms with Gasteiger partial charge in [-0.1, -0.05) is 0 Å². The predicted octanol–water partition coefficient (Wildman–Crippen LogP) is -0.170. The monoisotopic (exact) mass is 260 g/mol. The lowest BCUT2D eigenvalue weighted by Crippen LogP contribution is -2.31. The van der Waals surface area contributed by atoms with Gasteiger partial charge in [0.05, 0.1) is 12.4 Å². The molecule has 0 radical (unpaired) electrons. The smallest absolute Gasteiger partial charge is 0.189 e. The van der Waals surface area contributed by atoms with Crippen LogP contribution in [0.5, 0.6) is 0 Å². The van der Waals surface area contributed by atoms with Gasteiger partial charge in [0.15, 0.2) is 10.2 Å². The van der Waals surface area contributed by atoms with Gasteiger partial charge in [-0.3, -0.25) is 10.9 Å². The van der Waals surface area contributed by atoms with Crippen LogP contribution in [0.1, 0.15) is 0 Å². The van der Waals surface area contributed by atoms with Crippen molar-refractivity contribution in [2.24, 2.45) is 10.2 Å². The molecule has 0 aromatic heterocycles. The number of nitrogens with zero attached hydrogens (tertiary/aromatic N) is 4. The summed E-state index contributed by atoms with van der Waals surface area (Å²) in [6.45, 7) is 0. The maximum atomic E-state index is 4.95. The molecule has 0 aliphatic rings. The topological polar surface area (TPSA) is 55.3 Å². The number of thiocarbonyl (C=S) groups is 2. The third-order valence-electron chi connectivity index (χ3n) is 1.35. The molecule has 90 valence electrons. The van der Waals surface area contributed by atoms with Crippen LogP contribution in [0, 0.1) is 0 Å². The van der Waals surface area contributed by atoms with Crippen molar-refractivity contribution in [3.8, 4) is 0 Å². The molecule has 0 aliphatic carbocycles. The van der Waals surface area contributed by atoms with E-state index in [9.17, 15) is 0 Å². The van der Waals surface area contributed by atoms with E-state index in [1.54, 1.807) is 9.80 Å². The van der Waals surface area contributed by atoms with Crippen LogP contribution in [-0.4, -0.2) is 60.6 Å². The Morgan fingerprint density at radius 1 is 0.875 bits per heavy atom.